The Labute approximate surface area is 351 Å². The second-order valence-corrected chi connectivity index (χ2v) is 16.3. The fraction of sp³-hybridized carbons (Fsp3) is 0.125. The van der Waals surface area contributed by atoms with E-state index in [4.69, 9.17) is 19.4 Å². The lowest BCUT2D eigenvalue weighted by molar-refractivity contribution is 0.660. The molecule has 290 valence electrons. The van der Waals surface area contributed by atoms with Gasteiger partial charge in [0.05, 0.1) is 0 Å². The average Bonchev–Trinajstić information content (AvgIpc) is 3.79. The molecule has 2 heterocycles. The zero-order valence-electron chi connectivity index (χ0n) is 34.1. The highest BCUT2D eigenvalue weighted by atomic mass is 16.3. The zero-order chi connectivity index (χ0) is 40.8. The van der Waals surface area contributed by atoms with Crippen molar-refractivity contribution >= 4 is 21.9 Å². The van der Waals surface area contributed by atoms with Gasteiger partial charge in [-0.2, -0.15) is 0 Å². The highest BCUT2D eigenvalue weighted by Crippen LogP contribution is 2.49. The molecule has 0 amide bonds. The number of fused-ring (bicyclic) bond motifs is 6. The molecule has 1 aliphatic rings. The van der Waals surface area contributed by atoms with Gasteiger partial charge in [0.2, 0.25) is 0 Å². The molecule has 4 nitrogen and oxygen atoms in total. The molecule has 4 heteroatoms. The molecule has 1 aliphatic carbocycles. The van der Waals surface area contributed by atoms with Gasteiger partial charge in [0.25, 0.3) is 0 Å². The Bertz CT molecular complexity index is 3100. The van der Waals surface area contributed by atoms with Crippen molar-refractivity contribution in [2.75, 3.05) is 0 Å². The minimum Gasteiger partial charge on any atom is -0.456 e. The summed E-state index contributed by atoms with van der Waals surface area (Å²) in [7, 11) is 0. The van der Waals surface area contributed by atoms with E-state index in [1.54, 1.807) is 0 Å². The van der Waals surface area contributed by atoms with Crippen LogP contribution in [-0.2, 0) is 18.3 Å². The number of hydrogen-bond donors (Lipinski definition) is 0. The Hall–Kier alpha value is -7.17. The van der Waals surface area contributed by atoms with Crippen LogP contribution in [-0.4, -0.2) is 15.0 Å². The predicted molar refractivity (Wildman–Crippen MR) is 249 cm³/mol. The number of allylic oxidation sites excluding steroid dienone is 2. The first-order valence-electron chi connectivity index (χ1n) is 20.9. The number of benzene rings is 7. The van der Waals surface area contributed by atoms with E-state index in [1.807, 2.05) is 30.4 Å². The average molecular weight is 776 g/mol. The van der Waals surface area contributed by atoms with Gasteiger partial charge in [0, 0.05) is 32.9 Å². The zero-order valence-corrected chi connectivity index (χ0v) is 34.1. The van der Waals surface area contributed by atoms with Crippen molar-refractivity contribution in [3.63, 3.8) is 0 Å². The van der Waals surface area contributed by atoms with E-state index >= 15 is 0 Å². The van der Waals surface area contributed by atoms with Crippen LogP contribution in [0.1, 0.15) is 48.9 Å². The molecule has 7 aromatic carbocycles. The van der Waals surface area contributed by atoms with E-state index in [-0.39, 0.29) is 5.41 Å². The number of nitrogens with zero attached hydrogens (tertiary/aromatic N) is 3. The van der Waals surface area contributed by atoms with Gasteiger partial charge >= 0.3 is 0 Å². The third-order valence-electron chi connectivity index (χ3n) is 12.2. The molecule has 0 atom stereocenters. The molecule has 60 heavy (non-hydrogen) atoms. The van der Waals surface area contributed by atoms with Crippen LogP contribution in [0, 0.1) is 0 Å². The van der Waals surface area contributed by atoms with E-state index in [2.05, 4.69) is 160 Å². The van der Waals surface area contributed by atoms with Gasteiger partial charge in [-0.05, 0) is 106 Å². The summed E-state index contributed by atoms with van der Waals surface area (Å²) in [5.41, 5.74) is 17.0. The van der Waals surface area contributed by atoms with Crippen LogP contribution in [0.3, 0.4) is 0 Å². The molecule has 0 fully saturated rings. The highest BCUT2D eigenvalue weighted by Gasteiger charge is 2.35. The molecule has 0 radical (unpaired) electrons. The molecule has 9 aromatic rings. The quantitative estimate of drug-likeness (QED) is 0.123. The van der Waals surface area contributed by atoms with Crippen molar-refractivity contribution in [3.8, 4) is 67.5 Å². The summed E-state index contributed by atoms with van der Waals surface area (Å²) in [6.07, 6.45) is 7.88. The van der Waals surface area contributed by atoms with Gasteiger partial charge in [-0.15, -0.1) is 13.2 Å². The Morgan fingerprint density at radius 3 is 1.82 bits per heavy atom. The lowest BCUT2D eigenvalue weighted by atomic mass is 9.82. The number of aromatic nitrogens is 3. The summed E-state index contributed by atoms with van der Waals surface area (Å²) in [6.45, 7) is 12.5. The van der Waals surface area contributed by atoms with E-state index < -0.39 is 0 Å². The third-order valence-corrected chi connectivity index (χ3v) is 12.2. The molecular weight excluding hydrogens is 731 g/mol. The first kappa shape index (κ1) is 37.1. The van der Waals surface area contributed by atoms with Crippen molar-refractivity contribution in [2.24, 2.45) is 0 Å². The minimum absolute atomic E-state index is 0.133. The van der Waals surface area contributed by atoms with Gasteiger partial charge in [-0.3, -0.25) is 0 Å². The molecule has 10 rings (SSSR count). The van der Waals surface area contributed by atoms with Crippen LogP contribution in [0.2, 0.25) is 0 Å². The topological polar surface area (TPSA) is 51.8 Å². The number of hydrogen-bond acceptors (Lipinski definition) is 4. The van der Waals surface area contributed by atoms with E-state index in [9.17, 15) is 0 Å². The van der Waals surface area contributed by atoms with Crippen molar-refractivity contribution in [1.29, 1.82) is 0 Å². The molecule has 0 bridgehead atoms. The molecule has 0 unspecified atom stereocenters. The molecule has 2 aromatic heterocycles. The molecule has 0 saturated carbocycles. The number of aryl methyl sites for hydroxylation is 2. The first-order valence-corrected chi connectivity index (χ1v) is 20.9. The molecule has 0 saturated heterocycles. The van der Waals surface area contributed by atoms with Crippen LogP contribution in [0.5, 0.6) is 0 Å². The SMILES string of the molecule is C=CCCc1ccc(-c2ccc3oc4cccc(-c5ccc(-c6nc(-c7ccccc7)nc(-c7ccc8c(c7)C(C)(C)c7ccccc7-8)n6)cc5)c4c3c2)cc1CCC=C. The van der Waals surface area contributed by atoms with Crippen LogP contribution < -0.4 is 0 Å². The van der Waals surface area contributed by atoms with Crippen molar-refractivity contribution in [1.82, 2.24) is 15.0 Å². The van der Waals surface area contributed by atoms with E-state index in [1.165, 1.54) is 44.5 Å². The Morgan fingerprint density at radius 1 is 0.467 bits per heavy atom. The normalized spacial score (nSPS) is 12.7. The summed E-state index contributed by atoms with van der Waals surface area (Å²) in [5.74, 6) is 1.93. The Morgan fingerprint density at radius 2 is 1.05 bits per heavy atom. The van der Waals surface area contributed by atoms with E-state index in [0.29, 0.717) is 17.5 Å². The number of rotatable bonds is 11. The molecule has 0 N–H and O–H groups in total. The van der Waals surface area contributed by atoms with Gasteiger partial charge in [-0.1, -0.05) is 153 Å². The van der Waals surface area contributed by atoms with Crippen LogP contribution >= 0.6 is 0 Å². The van der Waals surface area contributed by atoms with Crippen LogP contribution in [0.25, 0.3) is 89.5 Å². The molecular formula is C56H45N3O. The molecule has 0 spiro atoms. The lowest BCUT2D eigenvalue weighted by Gasteiger charge is -2.21. The Kier molecular flexibility index (Phi) is 9.41. The fourth-order valence-electron chi connectivity index (χ4n) is 9.04. The van der Waals surface area contributed by atoms with Crippen molar-refractivity contribution in [3.05, 3.63) is 199 Å². The predicted octanol–water partition coefficient (Wildman–Crippen LogP) is 14.6. The summed E-state index contributed by atoms with van der Waals surface area (Å²) in [5, 5.41) is 2.20. The van der Waals surface area contributed by atoms with Crippen molar-refractivity contribution < 1.29 is 4.42 Å². The van der Waals surface area contributed by atoms with Gasteiger partial charge in [-0.25, -0.2) is 15.0 Å². The fourth-order valence-corrected chi connectivity index (χ4v) is 9.04. The van der Waals surface area contributed by atoms with Crippen molar-refractivity contribution in [2.45, 2.75) is 44.9 Å². The standard InChI is InChI=1S/C56H45N3O/c1-5-7-15-36-23-28-41(33-40(36)16-8-6-2)42-30-32-50-47(34-42)52-44(20-14-22-51(52)60-50)37-24-26-39(27-25-37)54-57-53(38-17-10-9-11-18-38)58-55(59-54)43-29-31-46-45-19-12-13-21-48(45)56(3,4)49(46)35-43/h5-6,9-14,17-35H,1-2,7-8,15-16H2,3-4H3. The Balaban J connectivity index is 1.03. The monoisotopic (exact) mass is 775 g/mol. The summed E-state index contributed by atoms with van der Waals surface area (Å²) < 4.78 is 6.46. The van der Waals surface area contributed by atoms with Gasteiger partial charge in [0.15, 0.2) is 17.5 Å². The number of furan rings is 1. The van der Waals surface area contributed by atoms with Crippen LogP contribution in [0.4, 0.5) is 0 Å². The van der Waals surface area contributed by atoms with Gasteiger partial charge < -0.3 is 4.42 Å². The summed E-state index contributed by atoms with van der Waals surface area (Å²) in [4.78, 5) is 15.3. The second-order valence-electron chi connectivity index (χ2n) is 16.3. The summed E-state index contributed by atoms with van der Waals surface area (Å²) >= 11 is 0. The smallest absolute Gasteiger partial charge is 0.164 e. The maximum absolute atomic E-state index is 6.46. The van der Waals surface area contributed by atoms with Crippen LogP contribution in [0.15, 0.2) is 181 Å². The first-order chi connectivity index (χ1) is 29.4. The largest absolute Gasteiger partial charge is 0.456 e. The maximum atomic E-state index is 6.46. The second kappa shape index (κ2) is 15.2. The highest BCUT2D eigenvalue weighted by molar-refractivity contribution is 6.13. The lowest BCUT2D eigenvalue weighted by Crippen LogP contribution is -2.15. The maximum Gasteiger partial charge on any atom is 0.164 e. The summed E-state index contributed by atoms with van der Waals surface area (Å²) in [6, 6.07) is 53.9. The third kappa shape index (κ3) is 6.55. The molecule has 0 aliphatic heterocycles. The minimum atomic E-state index is -0.133. The van der Waals surface area contributed by atoms with Gasteiger partial charge in [0.1, 0.15) is 11.2 Å². The van der Waals surface area contributed by atoms with E-state index in [0.717, 1.165) is 75.4 Å².